The monoisotopic (exact) mass is 400 g/mol. The minimum absolute atomic E-state index is 0.0299. The van der Waals surface area contributed by atoms with Crippen LogP contribution in [0.5, 0.6) is 0 Å². The Morgan fingerprint density at radius 3 is 2.41 bits per heavy atom. The van der Waals surface area contributed by atoms with E-state index in [1.54, 1.807) is 26.1 Å². The Bertz CT molecular complexity index is 952. The van der Waals surface area contributed by atoms with E-state index >= 15 is 0 Å². The molecule has 29 heavy (non-hydrogen) atoms. The molecule has 1 fully saturated rings. The molecule has 2 aromatic carbocycles. The second-order valence-corrected chi connectivity index (χ2v) is 8.15. The van der Waals surface area contributed by atoms with E-state index in [2.05, 4.69) is 5.32 Å². The Kier molecular flexibility index (Phi) is 6.01. The Labute approximate surface area is 169 Å². The average Bonchev–Trinajstić information content (AvgIpc) is 3.46. The molecule has 1 saturated carbocycles. The lowest BCUT2D eigenvalue weighted by atomic mass is 9.96. The molecule has 1 aliphatic rings. The molecule has 2 aromatic rings. The van der Waals surface area contributed by atoms with Gasteiger partial charge in [0.25, 0.3) is 11.8 Å². The highest BCUT2D eigenvalue weighted by molar-refractivity contribution is 5.97. The number of amides is 2. The number of carbonyl (C=O) groups excluding carboxylic acids is 2. The lowest BCUT2D eigenvalue weighted by Crippen LogP contribution is -2.30. The molecule has 0 atom stereocenters. The molecule has 0 aliphatic heterocycles. The van der Waals surface area contributed by atoms with Gasteiger partial charge in [0.15, 0.2) is 0 Å². The van der Waals surface area contributed by atoms with Crippen LogP contribution >= 0.6 is 0 Å². The quantitative estimate of drug-likeness (QED) is 0.773. The summed E-state index contributed by atoms with van der Waals surface area (Å²) in [5.41, 5.74) is 1.34. The maximum Gasteiger partial charge on any atom is 0.256 e. The van der Waals surface area contributed by atoms with Gasteiger partial charge in [0.05, 0.1) is 5.56 Å². The van der Waals surface area contributed by atoms with Gasteiger partial charge >= 0.3 is 0 Å². The molecule has 0 radical (unpaired) electrons. The number of rotatable bonds is 6. The van der Waals surface area contributed by atoms with Crippen molar-refractivity contribution in [2.75, 3.05) is 13.6 Å². The number of carbonyl (C=O) groups is 2. The fraction of sp³-hybridized carbons (Fsp3) is 0.391. The van der Waals surface area contributed by atoms with Crippen LogP contribution in [-0.2, 0) is 0 Å². The summed E-state index contributed by atoms with van der Waals surface area (Å²) in [4.78, 5) is 26.3. The van der Waals surface area contributed by atoms with Crippen molar-refractivity contribution in [3.8, 4) is 11.1 Å². The van der Waals surface area contributed by atoms with E-state index in [0.29, 0.717) is 23.2 Å². The largest absolute Gasteiger partial charge is 0.349 e. The molecule has 0 bridgehead atoms. The predicted molar refractivity (Wildman–Crippen MR) is 109 cm³/mol. The third-order valence-corrected chi connectivity index (χ3v) is 5.02. The Hall–Kier alpha value is -2.76. The second kappa shape index (κ2) is 8.31. The van der Waals surface area contributed by atoms with Crippen molar-refractivity contribution in [1.29, 1.82) is 0 Å². The third-order valence-electron chi connectivity index (χ3n) is 5.02. The summed E-state index contributed by atoms with van der Waals surface area (Å²) in [6, 6.07) is 7.15. The van der Waals surface area contributed by atoms with E-state index in [1.165, 1.54) is 23.1 Å². The molecule has 0 aromatic heterocycles. The molecule has 4 nitrogen and oxygen atoms in total. The van der Waals surface area contributed by atoms with Gasteiger partial charge in [-0.2, -0.15) is 0 Å². The van der Waals surface area contributed by atoms with E-state index in [4.69, 9.17) is 0 Å². The Balaban J connectivity index is 1.92. The second-order valence-electron chi connectivity index (χ2n) is 8.15. The van der Waals surface area contributed by atoms with Crippen LogP contribution in [0, 0.1) is 24.5 Å². The zero-order chi connectivity index (χ0) is 21.3. The first-order valence-corrected chi connectivity index (χ1v) is 9.83. The maximum atomic E-state index is 14.7. The Morgan fingerprint density at radius 2 is 1.83 bits per heavy atom. The smallest absolute Gasteiger partial charge is 0.256 e. The lowest BCUT2D eigenvalue weighted by molar-refractivity contribution is 0.0774. The first-order chi connectivity index (χ1) is 13.7. The first kappa shape index (κ1) is 21.0. The molecule has 0 saturated heterocycles. The van der Waals surface area contributed by atoms with Gasteiger partial charge in [0.1, 0.15) is 11.6 Å². The van der Waals surface area contributed by atoms with Crippen LogP contribution in [0.25, 0.3) is 11.1 Å². The van der Waals surface area contributed by atoms with E-state index < -0.39 is 17.5 Å². The van der Waals surface area contributed by atoms with Gasteiger partial charge in [-0.05, 0) is 66.6 Å². The average molecular weight is 400 g/mol. The highest BCUT2D eigenvalue weighted by Gasteiger charge is 2.25. The highest BCUT2D eigenvalue weighted by atomic mass is 19.1. The topological polar surface area (TPSA) is 49.4 Å². The fourth-order valence-corrected chi connectivity index (χ4v) is 3.30. The summed E-state index contributed by atoms with van der Waals surface area (Å²) < 4.78 is 29.2. The number of nitrogens with zero attached hydrogens (tertiary/aromatic N) is 1. The van der Waals surface area contributed by atoms with Crippen LogP contribution < -0.4 is 5.32 Å². The van der Waals surface area contributed by atoms with Gasteiger partial charge in [-0.3, -0.25) is 9.59 Å². The first-order valence-electron chi connectivity index (χ1n) is 9.83. The molecule has 2 amide bonds. The van der Waals surface area contributed by atoms with Crippen LogP contribution in [0.3, 0.4) is 0 Å². The molecule has 0 spiro atoms. The molecule has 0 unspecified atom stereocenters. The zero-order valence-electron chi connectivity index (χ0n) is 17.2. The van der Waals surface area contributed by atoms with Crippen molar-refractivity contribution < 1.29 is 18.4 Å². The third kappa shape index (κ3) is 4.81. The zero-order valence-corrected chi connectivity index (χ0v) is 17.2. The molecule has 0 heterocycles. The lowest BCUT2D eigenvalue weighted by Gasteiger charge is -2.20. The minimum atomic E-state index is -0.671. The van der Waals surface area contributed by atoms with Crippen LogP contribution in [0.15, 0.2) is 30.3 Å². The molecular formula is C23H26F2N2O2. The van der Waals surface area contributed by atoms with Crippen LogP contribution in [0.4, 0.5) is 8.78 Å². The van der Waals surface area contributed by atoms with Crippen LogP contribution in [0.2, 0.25) is 0 Å². The molecule has 1 N–H and O–H groups in total. The van der Waals surface area contributed by atoms with Crippen molar-refractivity contribution in [3.63, 3.8) is 0 Å². The SMILES string of the molecule is Cc1c(F)cc(C(=O)NC2CC2)cc1-c1ccc(C(=O)N(C)CC(C)C)c(F)c1. The van der Waals surface area contributed by atoms with Gasteiger partial charge in [-0.1, -0.05) is 19.9 Å². The normalized spacial score (nSPS) is 13.5. The van der Waals surface area contributed by atoms with E-state index in [-0.39, 0.29) is 29.0 Å². The summed E-state index contributed by atoms with van der Waals surface area (Å²) >= 11 is 0. The van der Waals surface area contributed by atoms with Gasteiger partial charge < -0.3 is 10.2 Å². The van der Waals surface area contributed by atoms with E-state index in [1.807, 2.05) is 13.8 Å². The van der Waals surface area contributed by atoms with Crippen molar-refractivity contribution in [2.24, 2.45) is 5.92 Å². The van der Waals surface area contributed by atoms with Crippen LogP contribution in [0.1, 0.15) is 53.0 Å². The standard InChI is InChI=1S/C23H26F2N2O2/c1-13(2)12-27(4)23(29)18-8-5-15(10-21(18)25)19-9-16(11-20(24)14(19)3)22(28)26-17-6-7-17/h5,8-11,13,17H,6-7,12H2,1-4H3,(H,26,28). The summed E-state index contributed by atoms with van der Waals surface area (Å²) in [7, 11) is 1.64. The van der Waals surface area contributed by atoms with Gasteiger partial charge in [-0.25, -0.2) is 8.78 Å². The molecule has 1 aliphatic carbocycles. The summed E-state index contributed by atoms with van der Waals surface area (Å²) in [6.45, 7) is 6.06. The summed E-state index contributed by atoms with van der Waals surface area (Å²) in [5, 5.41) is 2.83. The van der Waals surface area contributed by atoms with Gasteiger partial charge in [0.2, 0.25) is 0 Å². The number of hydrogen-bond acceptors (Lipinski definition) is 2. The van der Waals surface area contributed by atoms with Crippen molar-refractivity contribution >= 4 is 11.8 Å². The predicted octanol–water partition coefficient (Wildman–Crippen LogP) is 4.56. The number of benzene rings is 2. The molecule has 3 rings (SSSR count). The molecular weight excluding hydrogens is 374 g/mol. The summed E-state index contributed by atoms with van der Waals surface area (Å²) in [5.74, 6) is -1.67. The number of nitrogens with one attached hydrogen (secondary N) is 1. The minimum Gasteiger partial charge on any atom is -0.349 e. The highest BCUT2D eigenvalue weighted by Crippen LogP contribution is 2.29. The van der Waals surface area contributed by atoms with Crippen molar-refractivity contribution in [3.05, 3.63) is 58.7 Å². The van der Waals surface area contributed by atoms with Crippen molar-refractivity contribution in [2.45, 2.75) is 39.7 Å². The van der Waals surface area contributed by atoms with E-state index in [0.717, 1.165) is 12.8 Å². The number of hydrogen-bond donors (Lipinski definition) is 1. The van der Waals surface area contributed by atoms with Gasteiger partial charge in [-0.15, -0.1) is 0 Å². The fourth-order valence-electron chi connectivity index (χ4n) is 3.30. The van der Waals surface area contributed by atoms with Crippen molar-refractivity contribution in [1.82, 2.24) is 10.2 Å². The Morgan fingerprint density at radius 1 is 1.14 bits per heavy atom. The van der Waals surface area contributed by atoms with Crippen LogP contribution in [-0.4, -0.2) is 36.3 Å². The van der Waals surface area contributed by atoms with Gasteiger partial charge in [0, 0.05) is 25.2 Å². The summed E-state index contributed by atoms with van der Waals surface area (Å²) in [6.07, 6.45) is 1.86. The molecule has 154 valence electrons. The molecule has 6 heteroatoms. The van der Waals surface area contributed by atoms with E-state index in [9.17, 15) is 18.4 Å². The maximum absolute atomic E-state index is 14.7. The number of halogens is 2.